The summed E-state index contributed by atoms with van der Waals surface area (Å²) < 4.78 is 12.9. The van der Waals surface area contributed by atoms with Gasteiger partial charge in [-0.25, -0.2) is 9.97 Å². The van der Waals surface area contributed by atoms with Gasteiger partial charge < -0.3 is 26.4 Å². The van der Waals surface area contributed by atoms with Crippen molar-refractivity contribution in [2.75, 3.05) is 0 Å². The summed E-state index contributed by atoms with van der Waals surface area (Å²) in [5.74, 6) is 2.10. The third kappa shape index (κ3) is 18.0. The summed E-state index contributed by atoms with van der Waals surface area (Å²) in [6.07, 6.45) is 22.8. The molecule has 0 saturated heterocycles. The first kappa shape index (κ1) is 98.6. The molecule has 13 aromatic heterocycles. The van der Waals surface area contributed by atoms with Crippen LogP contribution in [0.4, 0.5) is 0 Å². The standard InChI is InChI=1S/2C24H19N2.C20H15N4.C18H15N2.2C16H11N2.6Ir/c1-16(2)17-10-12-18(13-11-17)19-8-5-9-21-20-6-3-4-7-22(20)24-25-14-15-26(24)23(19)21;1-16(2)17-7-9-18(10-8-17)19-11-12-23-22(15-19)20-5-3-4-6-21(20)24-25-13-14-26(23)24;1-12(2)13-7-8-17-16(11-13)14-5-3-4-6-15(14)19-23-18-20(24(17)19)22-10-9-21-18;1-12(2)13-7-8-17-16(11-13)14-5-3-4-6-15(14)18-19-9-10-20(17)18;2*1-11-6-7-15-14(10-11)12-4-2-3-5-13(12)16-17-8-9-18(15)16;;;;;;/h3-6,8-16H,1-2H3;3-5,7-16H,1-2H3;3-5,7-12H,1-2H3;3-5,7-12H,1-2H3;2*2-4,6-10H,1H3;;;;;;/q6*-1;;;;;;. The van der Waals surface area contributed by atoms with Crippen molar-refractivity contribution in [1.82, 2.24) is 66.3 Å². The molecule has 0 saturated carbocycles. The van der Waals surface area contributed by atoms with Crippen molar-refractivity contribution >= 4 is 175 Å². The number of hydrogen-bond donors (Lipinski definition) is 0. The van der Waals surface area contributed by atoms with E-state index in [4.69, 9.17) is 4.98 Å². The Morgan fingerprint density at radius 3 is 0.935 bits per heavy atom. The largest absolute Gasteiger partial charge is 0.340 e. The Morgan fingerprint density at radius 1 is 0.232 bits per heavy atom. The van der Waals surface area contributed by atoms with Gasteiger partial charge in [-0.15, -0.1) is 178 Å². The van der Waals surface area contributed by atoms with Crippen molar-refractivity contribution in [3.63, 3.8) is 0 Å². The van der Waals surface area contributed by atoms with E-state index in [2.05, 4.69) is 361 Å². The van der Waals surface area contributed by atoms with E-state index in [1.54, 1.807) is 12.4 Å². The molecule has 0 aliphatic carbocycles. The minimum absolute atomic E-state index is 0. The van der Waals surface area contributed by atoms with Gasteiger partial charge in [0.1, 0.15) is 0 Å². The minimum Gasteiger partial charge on any atom is -0.340 e. The van der Waals surface area contributed by atoms with Crippen LogP contribution in [0.2, 0.25) is 0 Å². The molecule has 14 nitrogen and oxygen atoms in total. The van der Waals surface area contributed by atoms with Crippen LogP contribution in [0.3, 0.4) is 0 Å². The van der Waals surface area contributed by atoms with Crippen LogP contribution >= 0.6 is 0 Å². The quantitative estimate of drug-likeness (QED) is 0.119. The van der Waals surface area contributed by atoms with E-state index in [-0.39, 0.29) is 121 Å². The van der Waals surface area contributed by atoms with E-state index in [9.17, 15) is 0 Å². The van der Waals surface area contributed by atoms with Crippen LogP contribution in [0, 0.1) is 50.2 Å². The Bertz CT molecular complexity index is 9000. The third-order valence-electron chi connectivity index (χ3n) is 25.7. The van der Waals surface area contributed by atoms with E-state index in [0.29, 0.717) is 29.3 Å². The van der Waals surface area contributed by atoms with Gasteiger partial charge in [-0.05, 0) is 139 Å². The molecule has 692 valence electrons. The Hall–Kier alpha value is -12.4. The molecule has 0 spiro atoms. The Balaban J connectivity index is 0.000000119. The normalized spacial score (nSPS) is 11.3. The molecule has 0 N–H and O–H groups in total. The number of benzene rings is 14. The van der Waals surface area contributed by atoms with E-state index >= 15 is 0 Å². The molecule has 27 rings (SSSR count). The fraction of sp³-hybridized carbons (Fsp3) is 0.119. The zero-order valence-electron chi connectivity index (χ0n) is 76.9. The van der Waals surface area contributed by atoms with Crippen molar-refractivity contribution in [3.05, 3.63) is 411 Å². The zero-order chi connectivity index (χ0) is 89.5. The monoisotopic (exact) mass is 2860 g/mol. The number of aromatic nitrogens is 14. The van der Waals surface area contributed by atoms with Crippen LogP contribution < -0.4 is 0 Å². The van der Waals surface area contributed by atoms with Crippen molar-refractivity contribution in [2.24, 2.45) is 0 Å². The SMILES string of the molecule is CC(C)c1ccc(-c2ccc3c(c2)c2ccc[c-]c2c2nccn32)cc1.CC(C)c1ccc(-c2cccc3c4ccc[c-]c4c4nccn4c23)cc1.CC(C)c1ccc2c(c1)c1ccc[c-]c1c1nc3nccnc3n21.CC(C)c1ccc2c(c1)c1ccc[c-]c1c1nccn21.Cc1ccc2c(c1)c1ccc[c-]c1c1nccn21.Cc1ccc2c(c1)c1ccc[c-]c1c1nccn21.[Ir].[Ir].[Ir].[Ir].[Ir].[Ir]. The average molecular weight is 2860 g/mol. The predicted molar refractivity (Wildman–Crippen MR) is 544 cm³/mol. The number of fused-ring (bicyclic) bond motifs is 38. The second kappa shape index (κ2) is 41.7. The number of rotatable bonds is 6. The molecule has 20 heteroatoms. The predicted octanol–water partition coefficient (Wildman–Crippen LogP) is 29.0. The first-order chi connectivity index (χ1) is 64.6. The van der Waals surface area contributed by atoms with Gasteiger partial charge in [0.05, 0.1) is 33.9 Å². The minimum atomic E-state index is 0. The van der Waals surface area contributed by atoms with E-state index in [1.807, 2.05) is 135 Å². The summed E-state index contributed by atoms with van der Waals surface area (Å²) >= 11 is 0. The van der Waals surface area contributed by atoms with E-state index in [1.165, 1.54) is 142 Å². The number of hydrogen-bond acceptors (Lipinski definition) is 8. The van der Waals surface area contributed by atoms with Crippen LogP contribution in [0.5, 0.6) is 0 Å². The summed E-state index contributed by atoms with van der Waals surface area (Å²) in [5.41, 5.74) is 27.1. The van der Waals surface area contributed by atoms with Crippen molar-refractivity contribution in [3.8, 4) is 22.3 Å². The average Bonchev–Trinajstić information content (AvgIpc) is 1.56. The maximum Gasteiger partial charge on any atom is 0.188 e. The summed E-state index contributed by atoms with van der Waals surface area (Å²) in [4.78, 5) is 36.1. The van der Waals surface area contributed by atoms with Crippen molar-refractivity contribution < 1.29 is 121 Å². The van der Waals surface area contributed by atoms with Gasteiger partial charge in [0.15, 0.2) is 11.3 Å². The molecular weight excluding hydrogens is 2770 g/mol. The molecule has 0 atom stereocenters. The van der Waals surface area contributed by atoms with Gasteiger partial charge in [-0.2, -0.15) is 0 Å². The second-order valence-electron chi connectivity index (χ2n) is 35.2. The number of nitrogens with zero attached hydrogens (tertiary/aromatic N) is 14. The van der Waals surface area contributed by atoms with Crippen LogP contribution in [-0.2, 0) is 121 Å². The smallest absolute Gasteiger partial charge is 0.188 e. The molecule has 0 aliphatic heterocycles. The van der Waals surface area contributed by atoms with Gasteiger partial charge in [0.25, 0.3) is 0 Å². The summed E-state index contributed by atoms with van der Waals surface area (Å²) in [7, 11) is 0. The molecule has 14 aromatic carbocycles. The van der Waals surface area contributed by atoms with Crippen LogP contribution in [0.25, 0.3) is 197 Å². The van der Waals surface area contributed by atoms with Gasteiger partial charge in [0.2, 0.25) is 0 Å². The van der Waals surface area contributed by atoms with Crippen molar-refractivity contribution in [1.29, 1.82) is 0 Å². The molecule has 27 aromatic rings. The first-order valence-corrected chi connectivity index (χ1v) is 45.1. The maximum absolute atomic E-state index is 4.71. The topological polar surface area (TPSA) is 130 Å². The molecule has 0 bridgehead atoms. The van der Waals surface area contributed by atoms with Gasteiger partial charge in [-0.1, -0.05) is 226 Å². The number of para-hydroxylation sites is 1. The number of pyridine rings is 6. The molecule has 6 radical (unpaired) electrons. The molecule has 13 heterocycles. The maximum atomic E-state index is 4.71. The molecule has 0 unspecified atom stereocenters. The summed E-state index contributed by atoms with van der Waals surface area (Å²) in [6, 6.07) is 114. The summed E-state index contributed by atoms with van der Waals surface area (Å²) in [5, 5.41) is 21.1. The van der Waals surface area contributed by atoms with E-state index in [0.717, 1.165) is 82.8 Å². The van der Waals surface area contributed by atoms with E-state index < -0.39 is 0 Å². The molecule has 0 amide bonds. The van der Waals surface area contributed by atoms with Crippen molar-refractivity contribution in [2.45, 2.75) is 92.9 Å². The van der Waals surface area contributed by atoms with Crippen LogP contribution in [0.15, 0.2) is 341 Å². The summed E-state index contributed by atoms with van der Waals surface area (Å²) in [6.45, 7) is 22.0. The molecular formula is C118H90Ir6N14-6. The number of aryl methyl sites for hydroxylation is 2. The Labute approximate surface area is 879 Å². The second-order valence-corrected chi connectivity index (χ2v) is 35.2. The first-order valence-electron chi connectivity index (χ1n) is 45.1. The molecule has 0 aliphatic rings. The van der Waals surface area contributed by atoms with Gasteiger partial charge >= 0.3 is 0 Å². The number of imidazole rings is 6. The fourth-order valence-corrected chi connectivity index (χ4v) is 19.0. The third-order valence-corrected chi connectivity index (χ3v) is 25.7. The Morgan fingerprint density at radius 2 is 0.529 bits per heavy atom. The van der Waals surface area contributed by atoms with Gasteiger partial charge in [-0.3, -0.25) is 29.9 Å². The Kier molecular flexibility index (Phi) is 29.8. The molecule has 0 fully saturated rings. The van der Waals surface area contributed by atoms with Crippen LogP contribution in [-0.4, -0.2) is 66.3 Å². The van der Waals surface area contributed by atoms with Gasteiger partial charge in [0, 0.05) is 234 Å². The zero-order valence-corrected chi connectivity index (χ0v) is 91.3. The molecule has 138 heavy (non-hydrogen) atoms. The fourth-order valence-electron chi connectivity index (χ4n) is 19.0. The van der Waals surface area contributed by atoms with Crippen LogP contribution in [0.1, 0.15) is 112 Å².